The summed E-state index contributed by atoms with van der Waals surface area (Å²) < 4.78 is 4.88. The van der Waals surface area contributed by atoms with Crippen LogP contribution in [0.4, 0.5) is 0 Å². The lowest BCUT2D eigenvalue weighted by atomic mass is 10.3. The average Bonchev–Trinajstić information content (AvgIpc) is 2.04. The van der Waals surface area contributed by atoms with Crippen molar-refractivity contribution in [1.82, 2.24) is 10.2 Å². The molecule has 5 heteroatoms. The molecule has 62 valence electrons. The first-order valence-electron chi connectivity index (χ1n) is 2.79. The molecule has 0 fully saturated rings. The Hall–Kier alpha value is -0.540. The number of alkyl halides is 1. The van der Waals surface area contributed by atoms with Crippen molar-refractivity contribution in [3.05, 3.63) is 17.8 Å². The summed E-state index contributed by atoms with van der Waals surface area (Å²) in [7, 11) is 1.54. The van der Waals surface area contributed by atoms with Crippen molar-refractivity contribution in [1.29, 1.82) is 0 Å². The number of rotatable bonds is 2. The van der Waals surface area contributed by atoms with Gasteiger partial charge in [-0.25, -0.2) is 0 Å². The van der Waals surface area contributed by atoms with E-state index in [1.807, 2.05) is 0 Å². The first-order chi connectivity index (χ1) is 4.88. The van der Waals surface area contributed by atoms with Crippen LogP contribution in [-0.2, 0) is 5.88 Å². The fourth-order valence-corrected chi connectivity index (χ4v) is 0.822. The fraction of sp³-hybridized carbons (Fsp3) is 0.333. The van der Waals surface area contributed by atoms with Crippen molar-refractivity contribution < 1.29 is 4.74 Å². The van der Waals surface area contributed by atoms with E-state index in [0.29, 0.717) is 11.8 Å². The number of methoxy groups -OCH3 is 1. The molecule has 0 spiro atoms. The minimum atomic E-state index is 0. The maximum Gasteiger partial charge on any atom is 0.237 e. The van der Waals surface area contributed by atoms with E-state index in [-0.39, 0.29) is 12.4 Å². The van der Waals surface area contributed by atoms with E-state index in [9.17, 15) is 0 Å². The number of nitrogens with zero attached hydrogens (tertiary/aromatic N) is 2. The number of ether oxygens (including phenoxy) is 1. The van der Waals surface area contributed by atoms with Crippen LogP contribution in [0, 0.1) is 0 Å². The van der Waals surface area contributed by atoms with Gasteiger partial charge in [-0.2, -0.15) is 5.10 Å². The summed E-state index contributed by atoms with van der Waals surface area (Å²) >= 11 is 5.56. The second kappa shape index (κ2) is 5.16. The Morgan fingerprint density at radius 3 is 2.82 bits per heavy atom. The summed E-state index contributed by atoms with van der Waals surface area (Å²) in [6.07, 6.45) is 1.58. The lowest BCUT2D eigenvalue weighted by Gasteiger charge is -2.00. The molecule has 1 aromatic rings. The normalized spacial score (nSPS) is 8.55. The van der Waals surface area contributed by atoms with Crippen molar-refractivity contribution in [3.8, 4) is 5.88 Å². The second-order valence-corrected chi connectivity index (χ2v) is 1.97. The zero-order chi connectivity index (χ0) is 7.40. The molecule has 1 aromatic heterocycles. The molecule has 0 N–H and O–H groups in total. The third-order valence-electron chi connectivity index (χ3n) is 1.10. The summed E-state index contributed by atoms with van der Waals surface area (Å²) in [5.41, 5.74) is 0.860. The SMILES string of the molecule is COc1nnccc1CCl.Cl. The molecule has 11 heavy (non-hydrogen) atoms. The van der Waals surface area contributed by atoms with Crippen LogP contribution in [0.3, 0.4) is 0 Å². The van der Waals surface area contributed by atoms with Gasteiger partial charge in [-0.1, -0.05) is 0 Å². The Balaban J connectivity index is 0.000001000. The molecule has 1 rings (SSSR count). The highest BCUT2D eigenvalue weighted by Crippen LogP contribution is 2.13. The average molecular weight is 195 g/mol. The summed E-state index contributed by atoms with van der Waals surface area (Å²) in [4.78, 5) is 0. The van der Waals surface area contributed by atoms with E-state index in [2.05, 4.69) is 10.2 Å². The smallest absolute Gasteiger partial charge is 0.237 e. The minimum Gasteiger partial charge on any atom is -0.480 e. The molecule has 0 bridgehead atoms. The van der Waals surface area contributed by atoms with Gasteiger partial charge in [0.25, 0.3) is 0 Å². The third-order valence-corrected chi connectivity index (χ3v) is 1.39. The number of hydrogen-bond acceptors (Lipinski definition) is 3. The molecule has 0 aliphatic rings. The highest BCUT2D eigenvalue weighted by Gasteiger charge is 2.00. The monoisotopic (exact) mass is 194 g/mol. The molecule has 0 radical (unpaired) electrons. The lowest BCUT2D eigenvalue weighted by Crippen LogP contribution is -1.93. The summed E-state index contributed by atoms with van der Waals surface area (Å²) in [5, 5.41) is 7.34. The highest BCUT2D eigenvalue weighted by atomic mass is 35.5. The number of hydrogen-bond donors (Lipinski definition) is 0. The van der Waals surface area contributed by atoms with Gasteiger partial charge in [-0.05, 0) is 6.07 Å². The Kier molecular flexibility index (Phi) is 4.90. The Morgan fingerprint density at radius 1 is 1.64 bits per heavy atom. The molecular formula is C6H8Cl2N2O. The number of aromatic nitrogens is 2. The van der Waals surface area contributed by atoms with Crippen LogP contribution in [0.2, 0.25) is 0 Å². The van der Waals surface area contributed by atoms with Gasteiger partial charge in [0.2, 0.25) is 5.88 Å². The van der Waals surface area contributed by atoms with Crippen molar-refractivity contribution in [2.45, 2.75) is 5.88 Å². The molecule has 0 saturated heterocycles. The third kappa shape index (κ3) is 2.52. The second-order valence-electron chi connectivity index (χ2n) is 1.70. The largest absolute Gasteiger partial charge is 0.480 e. The Bertz CT molecular complexity index is 196. The molecule has 0 atom stereocenters. The Labute approximate surface area is 76.1 Å². The van der Waals surface area contributed by atoms with E-state index in [4.69, 9.17) is 16.3 Å². The van der Waals surface area contributed by atoms with Crippen molar-refractivity contribution in [2.24, 2.45) is 0 Å². The first kappa shape index (κ1) is 10.5. The lowest BCUT2D eigenvalue weighted by molar-refractivity contribution is 0.388. The van der Waals surface area contributed by atoms with E-state index < -0.39 is 0 Å². The standard InChI is InChI=1S/C6H7ClN2O.ClH/c1-10-6-5(4-7)2-3-8-9-6;/h2-3H,4H2,1H3;1H. The highest BCUT2D eigenvalue weighted by molar-refractivity contribution is 6.17. The molecule has 0 unspecified atom stereocenters. The molecular weight excluding hydrogens is 187 g/mol. The summed E-state index contributed by atoms with van der Waals surface area (Å²) in [5.74, 6) is 0.899. The Morgan fingerprint density at radius 2 is 2.36 bits per heavy atom. The summed E-state index contributed by atoms with van der Waals surface area (Å²) in [6.45, 7) is 0. The maximum absolute atomic E-state index is 5.56. The van der Waals surface area contributed by atoms with Gasteiger partial charge in [0.05, 0.1) is 19.2 Å². The van der Waals surface area contributed by atoms with Gasteiger partial charge in [-0.3, -0.25) is 0 Å². The molecule has 0 aliphatic heterocycles. The van der Waals surface area contributed by atoms with E-state index in [0.717, 1.165) is 5.56 Å². The molecule has 0 saturated carbocycles. The molecule has 1 heterocycles. The van der Waals surface area contributed by atoms with Crippen LogP contribution in [0.1, 0.15) is 5.56 Å². The topological polar surface area (TPSA) is 35.0 Å². The van der Waals surface area contributed by atoms with Crippen LogP contribution in [0.15, 0.2) is 12.3 Å². The van der Waals surface area contributed by atoms with Gasteiger partial charge in [0.15, 0.2) is 0 Å². The zero-order valence-corrected chi connectivity index (χ0v) is 7.52. The quantitative estimate of drug-likeness (QED) is 0.673. The van der Waals surface area contributed by atoms with Crippen molar-refractivity contribution in [3.63, 3.8) is 0 Å². The van der Waals surface area contributed by atoms with Gasteiger partial charge in [0, 0.05) is 5.56 Å². The number of halogens is 2. The first-order valence-corrected chi connectivity index (χ1v) is 3.32. The predicted octanol–water partition coefficient (Wildman–Crippen LogP) is 1.65. The van der Waals surface area contributed by atoms with Crippen LogP contribution in [0.5, 0.6) is 5.88 Å². The van der Waals surface area contributed by atoms with Gasteiger partial charge in [0.1, 0.15) is 0 Å². The van der Waals surface area contributed by atoms with Gasteiger partial charge in [-0.15, -0.1) is 29.1 Å². The van der Waals surface area contributed by atoms with E-state index in [1.54, 1.807) is 19.4 Å². The van der Waals surface area contributed by atoms with Gasteiger partial charge < -0.3 is 4.74 Å². The molecule has 0 aliphatic carbocycles. The van der Waals surface area contributed by atoms with E-state index in [1.165, 1.54) is 0 Å². The molecule has 3 nitrogen and oxygen atoms in total. The minimum absolute atomic E-state index is 0. The van der Waals surface area contributed by atoms with Crippen LogP contribution >= 0.6 is 24.0 Å². The van der Waals surface area contributed by atoms with Gasteiger partial charge >= 0.3 is 0 Å². The zero-order valence-electron chi connectivity index (χ0n) is 5.95. The molecule has 0 amide bonds. The maximum atomic E-state index is 5.56. The van der Waals surface area contributed by atoms with E-state index >= 15 is 0 Å². The van der Waals surface area contributed by atoms with Crippen LogP contribution < -0.4 is 4.74 Å². The predicted molar refractivity (Wildman–Crippen MR) is 45.4 cm³/mol. The fourth-order valence-electron chi connectivity index (χ4n) is 0.618. The van der Waals surface area contributed by atoms with Crippen molar-refractivity contribution >= 4 is 24.0 Å². The van der Waals surface area contributed by atoms with Crippen LogP contribution in [0.25, 0.3) is 0 Å². The van der Waals surface area contributed by atoms with Crippen molar-refractivity contribution in [2.75, 3.05) is 7.11 Å². The summed E-state index contributed by atoms with van der Waals surface area (Å²) in [6, 6.07) is 1.78. The molecule has 0 aromatic carbocycles. The van der Waals surface area contributed by atoms with Crippen LogP contribution in [-0.4, -0.2) is 17.3 Å².